The molecule has 118 valence electrons. The van der Waals surface area contributed by atoms with Crippen LogP contribution < -0.4 is 10.2 Å². The fraction of sp³-hybridized carbons (Fsp3) is 0.625. The molecule has 0 aromatic heterocycles. The molecular weight excluding hydrogens is 271 g/mol. The van der Waals surface area contributed by atoms with Crippen LogP contribution in [0.4, 0.5) is 10.1 Å². The smallest absolute Gasteiger partial charge is 0.146 e. The van der Waals surface area contributed by atoms with Crippen molar-refractivity contribution in [2.75, 3.05) is 38.8 Å². The maximum Gasteiger partial charge on any atom is 0.146 e. The third-order valence-corrected chi connectivity index (χ3v) is 3.99. The average molecular weight is 296 g/mol. The molecule has 4 nitrogen and oxygen atoms in total. The van der Waals surface area contributed by atoms with Gasteiger partial charge in [-0.1, -0.05) is 12.1 Å². The van der Waals surface area contributed by atoms with Gasteiger partial charge < -0.3 is 20.1 Å². The summed E-state index contributed by atoms with van der Waals surface area (Å²) in [6.45, 7) is 2.78. The molecule has 5 heteroatoms. The van der Waals surface area contributed by atoms with E-state index in [1.165, 1.54) is 6.07 Å². The zero-order valence-corrected chi connectivity index (χ0v) is 12.8. The zero-order valence-electron chi connectivity index (χ0n) is 12.8. The highest BCUT2D eigenvalue weighted by Gasteiger charge is 2.28. The van der Waals surface area contributed by atoms with E-state index < -0.39 is 0 Å². The molecule has 0 radical (unpaired) electrons. The van der Waals surface area contributed by atoms with Crippen LogP contribution in [0.25, 0.3) is 0 Å². The average Bonchev–Trinajstić information content (AvgIpc) is 2.42. The Balaban J connectivity index is 1.98. The largest absolute Gasteiger partial charge is 0.393 e. The van der Waals surface area contributed by atoms with Gasteiger partial charge >= 0.3 is 0 Å². The molecule has 1 aliphatic rings. The highest BCUT2D eigenvalue weighted by Crippen LogP contribution is 2.31. The lowest BCUT2D eigenvalue weighted by molar-refractivity contribution is 0.0464. The summed E-state index contributed by atoms with van der Waals surface area (Å²) in [4.78, 5) is 1.97. The highest BCUT2D eigenvalue weighted by atomic mass is 19.1. The minimum absolute atomic E-state index is 0.167. The molecule has 0 bridgehead atoms. The second-order valence-electron chi connectivity index (χ2n) is 5.79. The van der Waals surface area contributed by atoms with Crippen molar-refractivity contribution in [3.8, 4) is 0 Å². The van der Waals surface area contributed by atoms with Crippen molar-refractivity contribution >= 4 is 5.69 Å². The molecule has 1 aromatic rings. The number of halogens is 1. The molecule has 0 amide bonds. The van der Waals surface area contributed by atoms with Crippen LogP contribution >= 0.6 is 0 Å². The van der Waals surface area contributed by atoms with Crippen molar-refractivity contribution in [1.29, 1.82) is 0 Å². The summed E-state index contributed by atoms with van der Waals surface area (Å²) in [6, 6.07) is 5.19. The topological polar surface area (TPSA) is 44.7 Å². The van der Waals surface area contributed by atoms with E-state index in [4.69, 9.17) is 4.74 Å². The maximum atomic E-state index is 14.2. The number of para-hydroxylation sites is 1. The number of hydrogen-bond donors (Lipinski definition) is 2. The highest BCUT2D eigenvalue weighted by molar-refractivity contribution is 5.54. The Morgan fingerprint density at radius 3 is 2.86 bits per heavy atom. The number of rotatable bonds is 8. The van der Waals surface area contributed by atoms with Gasteiger partial charge in [0.05, 0.1) is 18.4 Å². The van der Waals surface area contributed by atoms with E-state index in [0.29, 0.717) is 24.8 Å². The predicted octanol–water partition coefficient (Wildman–Crippen LogP) is 1.77. The minimum atomic E-state index is -0.191. The molecule has 0 atom stereocenters. The summed E-state index contributed by atoms with van der Waals surface area (Å²) >= 11 is 0. The normalized spacial score (nSPS) is 21.1. The third-order valence-electron chi connectivity index (χ3n) is 3.99. The van der Waals surface area contributed by atoms with Crippen molar-refractivity contribution in [3.05, 3.63) is 29.6 Å². The Hall–Kier alpha value is -1.17. The SMILES string of the molecule is COCCNCc1cccc(F)c1N(C)CC1CC(O)C1. The van der Waals surface area contributed by atoms with Crippen LogP contribution in [0.3, 0.4) is 0 Å². The van der Waals surface area contributed by atoms with Crippen molar-refractivity contribution in [3.63, 3.8) is 0 Å². The number of anilines is 1. The van der Waals surface area contributed by atoms with Crippen molar-refractivity contribution in [2.45, 2.75) is 25.5 Å². The van der Waals surface area contributed by atoms with Gasteiger partial charge in [-0.05, 0) is 30.4 Å². The van der Waals surface area contributed by atoms with Gasteiger partial charge in [0.15, 0.2) is 0 Å². The number of ether oxygens (including phenoxy) is 1. The van der Waals surface area contributed by atoms with Gasteiger partial charge in [-0.15, -0.1) is 0 Å². The number of aliphatic hydroxyl groups excluding tert-OH is 1. The number of nitrogens with zero attached hydrogens (tertiary/aromatic N) is 1. The lowest BCUT2D eigenvalue weighted by atomic mass is 9.82. The van der Waals surface area contributed by atoms with Crippen LogP contribution in [0, 0.1) is 11.7 Å². The van der Waals surface area contributed by atoms with Crippen LogP contribution in [-0.2, 0) is 11.3 Å². The van der Waals surface area contributed by atoms with Crippen molar-refractivity contribution in [1.82, 2.24) is 5.32 Å². The van der Waals surface area contributed by atoms with Gasteiger partial charge in [0.25, 0.3) is 0 Å². The number of methoxy groups -OCH3 is 1. The summed E-state index contributed by atoms with van der Waals surface area (Å²) in [5, 5.41) is 12.6. The van der Waals surface area contributed by atoms with E-state index in [-0.39, 0.29) is 11.9 Å². The second-order valence-corrected chi connectivity index (χ2v) is 5.79. The predicted molar refractivity (Wildman–Crippen MR) is 82.0 cm³/mol. The van der Waals surface area contributed by atoms with Crippen molar-refractivity contribution in [2.24, 2.45) is 5.92 Å². The first-order chi connectivity index (χ1) is 10.1. The molecule has 0 spiro atoms. The Labute approximate surface area is 125 Å². The lowest BCUT2D eigenvalue weighted by Gasteiger charge is -2.36. The van der Waals surface area contributed by atoms with Crippen LogP contribution in [0.15, 0.2) is 18.2 Å². The fourth-order valence-electron chi connectivity index (χ4n) is 2.86. The second kappa shape index (κ2) is 7.73. The summed E-state index contributed by atoms with van der Waals surface area (Å²) in [6.07, 6.45) is 1.47. The first-order valence-electron chi connectivity index (χ1n) is 7.48. The van der Waals surface area contributed by atoms with E-state index in [1.807, 2.05) is 18.0 Å². The van der Waals surface area contributed by atoms with E-state index in [1.54, 1.807) is 13.2 Å². The molecule has 1 fully saturated rings. The first kappa shape index (κ1) is 16.2. The summed E-state index contributed by atoms with van der Waals surface area (Å²) in [7, 11) is 3.58. The van der Waals surface area contributed by atoms with E-state index >= 15 is 0 Å². The molecule has 0 unspecified atom stereocenters. The molecule has 0 aliphatic heterocycles. The maximum absolute atomic E-state index is 14.2. The number of aliphatic hydroxyl groups is 1. The summed E-state index contributed by atoms with van der Waals surface area (Å²) in [5.74, 6) is 0.266. The van der Waals surface area contributed by atoms with Gasteiger partial charge in [0.2, 0.25) is 0 Å². The molecule has 21 heavy (non-hydrogen) atoms. The monoisotopic (exact) mass is 296 g/mol. The molecule has 1 aromatic carbocycles. The van der Waals surface area contributed by atoms with E-state index in [0.717, 1.165) is 31.5 Å². The Bertz CT molecular complexity index is 450. The molecule has 0 saturated heterocycles. The van der Waals surface area contributed by atoms with Gasteiger partial charge in [-0.25, -0.2) is 4.39 Å². The first-order valence-corrected chi connectivity index (χ1v) is 7.48. The lowest BCUT2D eigenvalue weighted by Crippen LogP contribution is -2.37. The molecule has 2 rings (SSSR count). The Morgan fingerprint density at radius 2 is 2.19 bits per heavy atom. The zero-order chi connectivity index (χ0) is 15.2. The number of hydrogen-bond acceptors (Lipinski definition) is 4. The fourth-order valence-corrected chi connectivity index (χ4v) is 2.86. The number of benzene rings is 1. The minimum Gasteiger partial charge on any atom is -0.393 e. The number of nitrogens with one attached hydrogen (secondary N) is 1. The Kier molecular flexibility index (Phi) is 5.96. The molecule has 0 heterocycles. The Morgan fingerprint density at radius 1 is 1.43 bits per heavy atom. The summed E-state index contributed by atoms with van der Waals surface area (Å²) in [5.41, 5.74) is 1.61. The standard InChI is InChI=1S/C16H25FN2O2/c1-19(11-12-8-14(20)9-12)16-13(4-3-5-15(16)17)10-18-6-7-21-2/h3-5,12,14,18,20H,6-11H2,1-2H3. The van der Waals surface area contributed by atoms with Gasteiger partial charge in [0, 0.05) is 33.8 Å². The van der Waals surface area contributed by atoms with E-state index in [2.05, 4.69) is 5.32 Å². The molecule has 1 aliphatic carbocycles. The quantitative estimate of drug-likeness (QED) is 0.718. The van der Waals surface area contributed by atoms with E-state index in [9.17, 15) is 9.50 Å². The molecule has 1 saturated carbocycles. The van der Waals surface area contributed by atoms with Crippen LogP contribution in [-0.4, -0.2) is 45.1 Å². The van der Waals surface area contributed by atoms with Crippen LogP contribution in [0.2, 0.25) is 0 Å². The van der Waals surface area contributed by atoms with Gasteiger partial charge in [-0.2, -0.15) is 0 Å². The summed E-state index contributed by atoms with van der Waals surface area (Å²) < 4.78 is 19.2. The van der Waals surface area contributed by atoms with Crippen molar-refractivity contribution < 1.29 is 14.2 Å². The van der Waals surface area contributed by atoms with Gasteiger partial charge in [0.1, 0.15) is 5.82 Å². The molecular formula is C16H25FN2O2. The van der Waals surface area contributed by atoms with Crippen LogP contribution in [0.1, 0.15) is 18.4 Å². The third kappa shape index (κ3) is 4.40. The van der Waals surface area contributed by atoms with Gasteiger partial charge in [-0.3, -0.25) is 0 Å². The van der Waals surface area contributed by atoms with Crippen LogP contribution in [0.5, 0.6) is 0 Å². The molecule has 2 N–H and O–H groups in total.